The zero-order chi connectivity index (χ0) is 31.3. The van der Waals surface area contributed by atoms with E-state index in [2.05, 4.69) is 150 Å². The molecule has 4 nitrogen and oxygen atoms in total. The Morgan fingerprint density at radius 2 is 1.12 bits per heavy atom. The van der Waals surface area contributed by atoms with Gasteiger partial charge in [-0.1, -0.05) is 133 Å². The highest BCUT2D eigenvalue weighted by atomic mass is 16.3. The van der Waals surface area contributed by atoms with Crippen LogP contribution in [0.25, 0.3) is 104 Å². The van der Waals surface area contributed by atoms with Gasteiger partial charge in [0.25, 0.3) is 0 Å². The number of fused-ring (bicyclic) bond motifs is 15. The summed E-state index contributed by atoms with van der Waals surface area (Å²) >= 11 is 0. The Morgan fingerprint density at radius 1 is 0.438 bits per heavy atom. The van der Waals surface area contributed by atoms with Crippen molar-refractivity contribution in [2.24, 2.45) is 0 Å². The van der Waals surface area contributed by atoms with E-state index in [9.17, 15) is 0 Å². The maximum Gasteiger partial charge on any atom is 0.235 e. The highest BCUT2D eigenvalue weighted by Crippen LogP contribution is 2.46. The summed E-state index contributed by atoms with van der Waals surface area (Å²) in [4.78, 5) is 10.9. The first-order valence-corrected chi connectivity index (χ1v) is 16.3. The minimum atomic E-state index is 0.650. The molecule has 0 spiro atoms. The van der Waals surface area contributed by atoms with Gasteiger partial charge in [-0.2, -0.15) is 0 Å². The molecule has 0 saturated heterocycles. The Kier molecular flexibility index (Phi) is 5.08. The van der Waals surface area contributed by atoms with Crippen LogP contribution in [0.4, 0.5) is 0 Å². The fourth-order valence-corrected chi connectivity index (χ4v) is 7.94. The lowest BCUT2D eigenvalue weighted by Crippen LogP contribution is -2.04. The molecule has 11 aromatic rings. The molecule has 0 aliphatic carbocycles. The van der Waals surface area contributed by atoms with Crippen LogP contribution < -0.4 is 0 Å². The van der Waals surface area contributed by atoms with Crippen molar-refractivity contribution in [2.75, 3.05) is 0 Å². The summed E-state index contributed by atoms with van der Waals surface area (Å²) in [6.45, 7) is 0. The average molecular weight is 612 g/mol. The summed E-state index contributed by atoms with van der Waals surface area (Å²) in [5.74, 6) is 0.650. The smallest absolute Gasteiger partial charge is 0.235 e. The second-order valence-corrected chi connectivity index (χ2v) is 12.5. The van der Waals surface area contributed by atoms with Crippen LogP contribution >= 0.6 is 0 Å². The minimum absolute atomic E-state index is 0.650. The van der Waals surface area contributed by atoms with E-state index in [1.54, 1.807) is 0 Å². The van der Waals surface area contributed by atoms with Crippen LogP contribution in [0.15, 0.2) is 156 Å². The monoisotopic (exact) mass is 611 g/mol. The van der Waals surface area contributed by atoms with E-state index < -0.39 is 0 Å². The largest absolute Gasteiger partial charge is 0.455 e. The number of hydrogen-bond acceptors (Lipinski definition) is 3. The molecule has 0 bridgehead atoms. The zero-order valence-corrected chi connectivity index (χ0v) is 25.7. The van der Waals surface area contributed by atoms with Gasteiger partial charge < -0.3 is 4.42 Å². The molecule has 0 atom stereocenters. The molecule has 4 heteroatoms. The SMILES string of the molecule is c1ccc(-c2nc(-n3c4ccccc4c4ccc5c6c7ccccc7oc6c6ccccc6c5c43)nc3ccc4ccccc4c23)cc1. The van der Waals surface area contributed by atoms with E-state index in [4.69, 9.17) is 14.4 Å². The highest BCUT2D eigenvalue weighted by Gasteiger charge is 2.23. The molecule has 0 fully saturated rings. The Hall–Kier alpha value is -6.52. The van der Waals surface area contributed by atoms with Crippen molar-refractivity contribution in [3.05, 3.63) is 152 Å². The van der Waals surface area contributed by atoms with Crippen LogP contribution in [0.5, 0.6) is 0 Å². The highest BCUT2D eigenvalue weighted by molar-refractivity contribution is 6.36. The van der Waals surface area contributed by atoms with Gasteiger partial charge in [0.15, 0.2) is 0 Å². The zero-order valence-electron chi connectivity index (χ0n) is 25.7. The van der Waals surface area contributed by atoms with E-state index in [0.717, 1.165) is 76.7 Å². The number of nitrogens with zero attached hydrogens (tertiary/aromatic N) is 3. The normalized spacial score (nSPS) is 12.2. The first-order chi connectivity index (χ1) is 23.8. The van der Waals surface area contributed by atoms with Gasteiger partial charge in [-0.3, -0.25) is 4.57 Å². The van der Waals surface area contributed by atoms with Gasteiger partial charge in [-0.05, 0) is 39.7 Å². The Balaban J connectivity index is 1.38. The molecule has 0 radical (unpaired) electrons. The van der Waals surface area contributed by atoms with Crippen molar-refractivity contribution in [3.63, 3.8) is 0 Å². The number of rotatable bonds is 2. The predicted molar refractivity (Wildman–Crippen MR) is 199 cm³/mol. The fourth-order valence-electron chi connectivity index (χ4n) is 7.94. The van der Waals surface area contributed by atoms with Crippen molar-refractivity contribution in [1.82, 2.24) is 14.5 Å². The lowest BCUT2D eigenvalue weighted by Gasteiger charge is -2.15. The molecule has 0 unspecified atom stereocenters. The van der Waals surface area contributed by atoms with Crippen molar-refractivity contribution < 1.29 is 4.42 Å². The Morgan fingerprint density at radius 3 is 2.00 bits per heavy atom. The van der Waals surface area contributed by atoms with Gasteiger partial charge in [0, 0.05) is 43.3 Å². The first-order valence-electron chi connectivity index (χ1n) is 16.3. The lowest BCUT2D eigenvalue weighted by molar-refractivity contribution is 0.673. The summed E-state index contributed by atoms with van der Waals surface area (Å²) < 4.78 is 8.86. The van der Waals surface area contributed by atoms with E-state index in [1.165, 1.54) is 21.5 Å². The third kappa shape index (κ3) is 3.38. The van der Waals surface area contributed by atoms with Gasteiger partial charge in [0.2, 0.25) is 5.95 Å². The number of para-hydroxylation sites is 2. The molecular formula is C44H25N3O. The predicted octanol–water partition coefficient (Wildman–Crippen LogP) is 11.8. The number of furan rings is 1. The summed E-state index contributed by atoms with van der Waals surface area (Å²) in [5.41, 5.74) is 6.87. The molecule has 3 heterocycles. The quantitative estimate of drug-likeness (QED) is 0.183. The molecule has 48 heavy (non-hydrogen) atoms. The van der Waals surface area contributed by atoms with Crippen LogP contribution in [0.1, 0.15) is 0 Å². The van der Waals surface area contributed by atoms with Crippen molar-refractivity contribution in [1.29, 1.82) is 0 Å². The van der Waals surface area contributed by atoms with E-state index in [1.807, 2.05) is 6.07 Å². The van der Waals surface area contributed by atoms with Crippen molar-refractivity contribution in [2.45, 2.75) is 0 Å². The second-order valence-electron chi connectivity index (χ2n) is 12.5. The maximum atomic E-state index is 6.58. The fraction of sp³-hybridized carbons (Fsp3) is 0. The standard InChI is InChI=1S/C44H25N3O/c1-2-13-27(14-3-1)41-40-28-15-5-4-12-26(28)22-25-35(40)45-44(46-41)47-36-20-10-8-16-29(36)31-23-24-34-38(42(31)47)30-17-6-7-18-32(30)43-39(34)33-19-9-11-21-37(33)48-43/h1-25H. The third-order valence-electron chi connectivity index (χ3n) is 9.97. The topological polar surface area (TPSA) is 43.9 Å². The number of benzene rings is 8. The van der Waals surface area contributed by atoms with Gasteiger partial charge in [-0.25, -0.2) is 9.97 Å². The molecule has 222 valence electrons. The molecule has 11 rings (SSSR count). The van der Waals surface area contributed by atoms with Gasteiger partial charge in [-0.15, -0.1) is 0 Å². The summed E-state index contributed by atoms with van der Waals surface area (Å²) in [6.07, 6.45) is 0. The average Bonchev–Trinajstić information content (AvgIpc) is 3.71. The lowest BCUT2D eigenvalue weighted by atomic mass is 9.95. The van der Waals surface area contributed by atoms with Crippen molar-refractivity contribution in [3.8, 4) is 17.2 Å². The van der Waals surface area contributed by atoms with Gasteiger partial charge >= 0.3 is 0 Å². The summed E-state index contributed by atoms with van der Waals surface area (Å²) in [7, 11) is 0. The summed E-state index contributed by atoms with van der Waals surface area (Å²) in [6, 6.07) is 53.4. The molecule has 0 saturated carbocycles. The Bertz CT molecular complexity index is 3120. The van der Waals surface area contributed by atoms with Crippen LogP contribution in [-0.2, 0) is 0 Å². The third-order valence-corrected chi connectivity index (χ3v) is 9.97. The van der Waals surface area contributed by atoms with Crippen LogP contribution in [-0.4, -0.2) is 14.5 Å². The maximum absolute atomic E-state index is 6.58. The van der Waals surface area contributed by atoms with Crippen LogP contribution in [0, 0.1) is 0 Å². The molecule has 8 aromatic carbocycles. The van der Waals surface area contributed by atoms with Crippen LogP contribution in [0.2, 0.25) is 0 Å². The molecule has 0 amide bonds. The van der Waals surface area contributed by atoms with Gasteiger partial charge in [0.1, 0.15) is 11.2 Å². The molecule has 3 aromatic heterocycles. The minimum Gasteiger partial charge on any atom is -0.455 e. The van der Waals surface area contributed by atoms with Gasteiger partial charge in [0.05, 0.1) is 22.2 Å². The molecule has 0 aliphatic rings. The second kappa shape index (κ2) is 9.50. The van der Waals surface area contributed by atoms with E-state index in [-0.39, 0.29) is 0 Å². The number of aromatic nitrogens is 3. The van der Waals surface area contributed by atoms with E-state index in [0.29, 0.717) is 5.95 Å². The Labute approximate surface area is 274 Å². The molecule has 0 aliphatic heterocycles. The first kappa shape index (κ1) is 25.6. The number of hydrogen-bond donors (Lipinski definition) is 0. The molecule has 0 N–H and O–H groups in total. The molecular weight excluding hydrogens is 587 g/mol. The van der Waals surface area contributed by atoms with Crippen LogP contribution in [0.3, 0.4) is 0 Å². The van der Waals surface area contributed by atoms with E-state index >= 15 is 0 Å². The van der Waals surface area contributed by atoms with Crippen molar-refractivity contribution >= 4 is 87.0 Å². The summed E-state index contributed by atoms with van der Waals surface area (Å²) in [5, 5.41) is 12.5.